The minimum Gasteiger partial charge on any atom is -0.479 e. The van der Waals surface area contributed by atoms with Crippen LogP contribution in [0.4, 0.5) is 0 Å². The van der Waals surface area contributed by atoms with Crippen molar-refractivity contribution in [2.75, 3.05) is 26.8 Å². The Morgan fingerprint density at radius 2 is 2.39 bits per heavy atom. The van der Waals surface area contributed by atoms with E-state index in [1.807, 2.05) is 6.20 Å². The Hall–Kier alpha value is -1.66. The van der Waals surface area contributed by atoms with E-state index in [0.717, 1.165) is 42.7 Å². The van der Waals surface area contributed by atoms with E-state index in [4.69, 9.17) is 9.47 Å². The summed E-state index contributed by atoms with van der Waals surface area (Å²) in [4.78, 5) is 11.6. The molecule has 18 heavy (non-hydrogen) atoms. The summed E-state index contributed by atoms with van der Waals surface area (Å²) in [6.07, 6.45) is 4.51. The number of hydrogen-bond donors (Lipinski definition) is 2. The number of nitrogens with zero attached hydrogens (tertiary/aromatic N) is 2. The van der Waals surface area contributed by atoms with Gasteiger partial charge in [0.15, 0.2) is 0 Å². The summed E-state index contributed by atoms with van der Waals surface area (Å²) < 4.78 is 11.1. The molecule has 1 aliphatic heterocycles. The Morgan fingerprint density at radius 1 is 1.44 bits per heavy atom. The van der Waals surface area contributed by atoms with Gasteiger partial charge in [0.05, 0.1) is 13.2 Å². The number of aromatic nitrogens is 3. The van der Waals surface area contributed by atoms with E-state index in [0.29, 0.717) is 5.88 Å². The monoisotopic (exact) mass is 248 g/mol. The lowest BCUT2D eigenvalue weighted by atomic mass is 10.1. The zero-order chi connectivity index (χ0) is 12.4. The van der Waals surface area contributed by atoms with Gasteiger partial charge in [-0.3, -0.25) is 0 Å². The van der Waals surface area contributed by atoms with Crippen LogP contribution < -0.4 is 10.1 Å². The highest BCUT2D eigenvalue weighted by atomic mass is 16.5. The predicted molar refractivity (Wildman–Crippen MR) is 66.6 cm³/mol. The normalized spacial score (nSPS) is 20.8. The van der Waals surface area contributed by atoms with Gasteiger partial charge in [-0.25, -0.2) is 4.98 Å². The molecule has 1 atom stereocenters. The molecular weight excluding hydrogens is 232 g/mol. The molecule has 6 nitrogen and oxygen atoms in total. The van der Waals surface area contributed by atoms with Crippen LogP contribution >= 0.6 is 0 Å². The van der Waals surface area contributed by atoms with E-state index in [2.05, 4.69) is 20.3 Å². The number of nitrogens with one attached hydrogen (secondary N) is 2. The van der Waals surface area contributed by atoms with E-state index in [-0.39, 0.29) is 6.10 Å². The van der Waals surface area contributed by atoms with Gasteiger partial charge in [0.2, 0.25) is 5.88 Å². The van der Waals surface area contributed by atoms with Gasteiger partial charge in [0.1, 0.15) is 17.4 Å². The van der Waals surface area contributed by atoms with Crippen molar-refractivity contribution in [1.82, 2.24) is 20.3 Å². The first kappa shape index (κ1) is 11.4. The molecular formula is C12H16N4O2. The molecule has 3 heterocycles. The van der Waals surface area contributed by atoms with Crippen LogP contribution in [0, 0.1) is 0 Å². The first-order valence-corrected chi connectivity index (χ1v) is 6.08. The lowest BCUT2D eigenvalue weighted by Crippen LogP contribution is -2.20. The molecule has 6 heteroatoms. The number of H-pyrrole nitrogens is 1. The molecule has 0 aliphatic carbocycles. The second-order valence-corrected chi connectivity index (χ2v) is 4.27. The molecule has 0 spiro atoms. The number of aromatic amines is 1. The Kier molecular flexibility index (Phi) is 3.12. The number of hydrogen-bond acceptors (Lipinski definition) is 5. The highest BCUT2D eigenvalue weighted by Gasteiger charge is 2.20. The van der Waals surface area contributed by atoms with E-state index >= 15 is 0 Å². The summed E-state index contributed by atoms with van der Waals surface area (Å²) in [6, 6.07) is 0. The fourth-order valence-corrected chi connectivity index (χ4v) is 2.25. The Balaban J connectivity index is 2.01. The average Bonchev–Trinajstić information content (AvgIpc) is 2.66. The van der Waals surface area contributed by atoms with Crippen molar-refractivity contribution in [3.63, 3.8) is 0 Å². The lowest BCUT2D eigenvalue weighted by molar-refractivity contribution is 0.0678. The Bertz CT molecular complexity index is 532. The summed E-state index contributed by atoms with van der Waals surface area (Å²) in [5.74, 6) is 0.563. The first-order chi connectivity index (χ1) is 8.90. The van der Waals surface area contributed by atoms with E-state index in [1.54, 1.807) is 7.11 Å². The largest absolute Gasteiger partial charge is 0.479 e. The molecule has 1 fully saturated rings. The molecule has 1 aliphatic rings. The maximum atomic E-state index is 5.85. The molecule has 0 saturated carbocycles. The van der Waals surface area contributed by atoms with Gasteiger partial charge >= 0.3 is 0 Å². The number of fused-ring (bicyclic) bond motifs is 1. The average molecular weight is 248 g/mol. The molecule has 96 valence electrons. The highest BCUT2D eigenvalue weighted by Crippen LogP contribution is 2.29. The number of ether oxygens (including phenoxy) is 2. The van der Waals surface area contributed by atoms with Crippen LogP contribution in [0.15, 0.2) is 12.5 Å². The quantitative estimate of drug-likeness (QED) is 0.830. The Morgan fingerprint density at radius 3 is 3.28 bits per heavy atom. The minimum atomic E-state index is 0.0286. The maximum Gasteiger partial charge on any atom is 0.241 e. The van der Waals surface area contributed by atoms with Crippen molar-refractivity contribution in [3.8, 4) is 5.88 Å². The molecule has 0 aromatic carbocycles. The van der Waals surface area contributed by atoms with Gasteiger partial charge < -0.3 is 19.8 Å². The third-order valence-corrected chi connectivity index (χ3v) is 3.14. The topological polar surface area (TPSA) is 72.1 Å². The zero-order valence-corrected chi connectivity index (χ0v) is 10.3. The number of methoxy groups -OCH3 is 1. The van der Waals surface area contributed by atoms with Crippen molar-refractivity contribution < 1.29 is 9.47 Å². The third kappa shape index (κ3) is 1.93. The van der Waals surface area contributed by atoms with Gasteiger partial charge in [0.25, 0.3) is 0 Å². The highest BCUT2D eigenvalue weighted by molar-refractivity contribution is 5.83. The first-order valence-electron chi connectivity index (χ1n) is 6.08. The van der Waals surface area contributed by atoms with E-state index in [1.165, 1.54) is 6.33 Å². The summed E-state index contributed by atoms with van der Waals surface area (Å²) in [5, 5.41) is 3.37. The van der Waals surface area contributed by atoms with Gasteiger partial charge in [-0.1, -0.05) is 0 Å². The van der Waals surface area contributed by atoms with Gasteiger partial charge in [-0.05, 0) is 13.0 Å². The molecule has 0 radical (unpaired) electrons. The van der Waals surface area contributed by atoms with Crippen LogP contribution in [0.25, 0.3) is 11.0 Å². The molecule has 3 rings (SSSR count). The van der Waals surface area contributed by atoms with Crippen molar-refractivity contribution in [3.05, 3.63) is 18.1 Å². The molecule has 2 N–H and O–H groups in total. The number of rotatable bonds is 2. The fourth-order valence-electron chi connectivity index (χ4n) is 2.25. The summed E-state index contributed by atoms with van der Waals surface area (Å²) in [6.45, 7) is 2.57. The van der Waals surface area contributed by atoms with Crippen molar-refractivity contribution in [1.29, 1.82) is 0 Å². The van der Waals surface area contributed by atoms with Crippen LogP contribution in [0.5, 0.6) is 5.88 Å². The minimum absolute atomic E-state index is 0.0286. The molecule has 1 unspecified atom stereocenters. The van der Waals surface area contributed by atoms with Crippen LogP contribution in [0.3, 0.4) is 0 Å². The van der Waals surface area contributed by atoms with Crippen molar-refractivity contribution in [2.45, 2.75) is 12.5 Å². The molecule has 0 amide bonds. The molecule has 1 saturated heterocycles. The van der Waals surface area contributed by atoms with Crippen molar-refractivity contribution >= 4 is 11.0 Å². The van der Waals surface area contributed by atoms with E-state index < -0.39 is 0 Å². The van der Waals surface area contributed by atoms with Gasteiger partial charge in [-0.2, -0.15) is 4.98 Å². The lowest BCUT2D eigenvalue weighted by Gasteiger charge is -2.13. The van der Waals surface area contributed by atoms with Crippen LogP contribution in [-0.4, -0.2) is 41.8 Å². The summed E-state index contributed by atoms with van der Waals surface area (Å²) in [7, 11) is 1.60. The third-order valence-electron chi connectivity index (χ3n) is 3.14. The van der Waals surface area contributed by atoms with Gasteiger partial charge in [0, 0.05) is 24.9 Å². The summed E-state index contributed by atoms with van der Waals surface area (Å²) >= 11 is 0. The molecule has 2 aromatic heterocycles. The second kappa shape index (κ2) is 4.91. The van der Waals surface area contributed by atoms with E-state index in [9.17, 15) is 0 Å². The SMILES string of the molecule is COc1ncnc2c(C3CNCCCO3)c[nH]c12. The smallest absolute Gasteiger partial charge is 0.241 e. The second-order valence-electron chi connectivity index (χ2n) is 4.27. The van der Waals surface area contributed by atoms with Crippen molar-refractivity contribution in [2.24, 2.45) is 0 Å². The van der Waals surface area contributed by atoms with Gasteiger partial charge in [-0.15, -0.1) is 0 Å². The zero-order valence-electron chi connectivity index (χ0n) is 10.3. The molecule has 2 aromatic rings. The molecule has 0 bridgehead atoms. The van der Waals surface area contributed by atoms with Crippen LogP contribution in [-0.2, 0) is 4.74 Å². The van der Waals surface area contributed by atoms with Crippen LogP contribution in [0.2, 0.25) is 0 Å². The fraction of sp³-hybridized carbons (Fsp3) is 0.500. The standard InChI is InChI=1S/C12H16N4O2/c1-17-12-11-10(15-7-16-12)8(5-14-11)9-6-13-3-2-4-18-9/h5,7,9,13-14H,2-4,6H2,1H3. The predicted octanol–water partition coefficient (Wildman–Crippen LogP) is 1.02. The maximum absolute atomic E-state index is 5.85. The van der Waals surface area contributed by atoms with Crippen LogP contribution in [0.1, 0.15) is 18.1 Å². The Labute approximate surface area is 105 Å². The summed E-state index contributed by atoms with van der Waals surface area (Å²) in [5.41, 5.74) is 2.75.